The van der Waals surface area contributed by atoms with Gasteiger partial charge in [0, 0.05) is 22.6 Å². The Labute approximate surface area is 125 Å². The zero-order chi connectivity index (χ0) is 13.5. The largest absolute Gasteiger partial charge is 0.495 e. The summed E-state index contributed by atoms with van der Waals surface area (Å²) in [7, 11) is 1.66. The normalized spacial score (nSPS) is 11.9. The van der Waals surface area contributed by atoms with Crippen molar-refractivity contribution in [3.8, 4) is 11.8 Å². The molecular formula is C13H16Br2N2O. The first-order valence-electron chi connectivity index (χ1n) is 5.74. The van der Waals surface area contributed by atoms with Gasteiger partial charge in [0.05, 0.1) is 24.1 Å². The average molecular weight is 376 g/mol. The molecule has 0 radical (unpaired) electrons. The number of methoxy groups -OCH3 is 1. The Balaban J connectivity index is 2.81. The Morgan fingerprint density at radius 1 is 1.44 bits per heavy atom. The van der Waals surface area contributed by atoms with Crippen LogP contribution < -0.4 is 10.1 Å². The van der Waals surface area contributed by atoms with Gasteiger partial charge in [-0.2, -0.15) is 5.26 Å². The van der Waals surface area contributed by atoms with Crippen molar-refractivity contribution in [1.82, 2.24) is 5.32 Å². The molecule has 0 fully saturated rings. The molecule has 3 nitrogen and oxygen atoms in total. The van der Waals surface area contributed by atoms with Crippen LogP contribution in [0.3, 0.4) is 0 Å². The minimum atomic E-state index is 0.220. The summed E-state index contributed by atoms with van der Waals surface area (Å²) in [6.45, 7) is 2.75. The van der Waals surface area contributed by atoms with Crippen molar-refractivity contribution in [2.24, 2.45) is 0 Å². The number of ether oxygens (including phenoxy) is 1. The Morgan fingerprint density at radius 3 is 2.72 bits per heavy atom. The number of hydrogen-bond acceptors (Lipinski definition) is 3. The van der Waals surface area contributed by atoms with Gasteiger partial charge in [-0.25, -0.2) is 0 Å². The van der Waals surface area contributed by atoms with Crippen molar-refractivity contribution in [1.29, 1.82) is 5.26 Å². The second-order valence-corrected chi connectivity index (χ2v) is 5.70. The van der Waals surface area contributed by atoms with Crippen LogP contribution in [0.5, 0.6) is 5.75 Å². The molecule has 0 aliphatic heterocycles. The summed E-state index contributed by atoms with van der Waals surface area (Å²) in [6, 6.07) is 6.39. The average Bonchev–Trinajstić information content (AvgIpc) is 2.33. The lowest BCUT2D eigenvalue weighted by Gasteiger charge is -2.16. The fourth-order valence-electron chi connectivity index (χ4n) is 1.70. The zero-order valence-corrected chi connectivity index (χ0v) is 13.6. The smallest absolute Gasteiger partial charge is 0.137 e. The molecule has 98 valence electrons. The van der Waals surface area contributed by atoms with Crippen LogP contribution in [0.1, 0.15) is 25.3 Å². The van der Waals surface area contributed by atoms with Crippen molar-refractivity contribution in [3.63, 3.8) is 0 Å². The number of hydrogen-bond donors (Lipinski definition) is 1. The van der Waals surface area contributed by atoms with Crippen LogP contribution >= 0.6 is 31.9 Å². The molecule has 0 aromatic heterocycles. The third kappa shape index (κ3) is 4.27. The van der Waals surface area contributed by atoms with E-state index < -0.39 is 0 Å². The van der Waals surface area contributed by atoms with E-state index in [1.165, 1.54) is 0 Å². The summed E-state index contributed by atoms with van der Waals surface area (Å²) < 4.78 is 7.31. The van der Waals surface area contributed by atoms with E-state index in [9.17, 15) is 0 Å². The van der Waals surface area contributed by atoms with Crippen LogP contribution in [0.2, 0.25) is 0 Å². The fraction of sp³-hybridized carbons (Fsp3) is 0.462. The third-order valence-corrected chi connectivity index (χ3v) is 3.75. The maximum Gasteiger partial charge on any atom is 0.137 e. The molecule has 1 unspecified atom stereocenters. The SMILES string of the molecule is CCC(CC#N)NCc1cc(Br)cc(Br)c1OC. The molecule has 1 atom stereocenters. The van der Waals surface area contributed by atoms with Crippen molar-refractivity contribution in [2.45, 2.75) is 32.4 Å². The van der Waals surface area contributed by atoms with E-state index in [-0.39, 0.29) is 6.04 Å². The molecule has 18 heavy (non-hydrogen) atoms. The van der Waals surface area contributed by atoms with Crippen molar-refractivity contribution >= 4 is 31.9 Å². The monoisotopic (exact) mass is 374 g/mol. The van der Waals surface area contributed by atoms with Gasteiger partial charge in [-0.3, -0.25) is 0 Å². The van der Waals surface area contributed by atoms with Gasteiger partial charge in [0.25, 0.3) is 0 Å². The van der Waals surface area contributed by atoms with Gasteiger partial charge in [0.15, 0.2) is 0 Å². The number of halogens is 2. The topological polar surface area (TPSA) is 45.0 Å². The van der Waals surface area contributed by atoms with E-state index in [4.69, 9.17) is 10.00 Å². The minimum Gasteiger partial charge on any atom is -0.495 e. The van der Waals surface area contributed by atoms with E-state index in [1.54, 1.807) is 7.11 Å². The maximum atomic E-state index is 8.72. The van der Waals surface area contributed by atoms with E-state index in [2.05, 4.69) is 50.2 Å². The lowest BCUT2D eigenvalue weighted by Crippen LogP contribution is -2.27. The summed E-state index contributed by atoms with van der Waals surface area (Å²) in [5.41, 5.74) is 1.06. The molecule has 0 amide bonds. The highest BCUT2D eigenvalue weighted by Crippen LogP contribution is 2.32. The number of nitriles is 1. The van der Waals surface area contributed by atoms with E-state index in [0.717, 1.165) is 26.7 Å². The summed E-state index contributed by atoms with van der Waals surface area (Å²) in [6.07, 6.45) is 1.46. The second kappa shape index (κ2) is 7.78. The summed E-state index contributed by atoms with van der Waals surface area (Å²) in [5.74, 6) is 0.831. The lowest BCUT2D eigenvalue weighted by molar-refractivity contribution is 0.401. The zero-order valence-electron chi connectivity index (χ0n) is 10.5. The van der Waals surface area contributed by atoms with E-state index >= 15 is 0 Å². The van der Waals surface area contributed by atoms with Gasteiger partial charge in [-0.15, -0.1) is 0 Å². The first-order valence-corrected chi connectivity index (χ1v) is 7.33. The summed E-state index contributed by atoms with van der Waals surface area (Å²) in [5, 5.41) is 12.1. The molecule has 0 spiro atoms. The number of rotatable bonds is 6. The minimum absolute atomic E-state index is 0.220. The van der Waals surface area contributed by atoms with Crippen LogP contribution in [0.15, 0.2) is 21.1 Å². The van der Waals surface area contributed by atoms with Gasteiger partial charge in [-0.05, 0) is 34.5 Å². The van der Waals surface area contributed by atoms with Gasteiger partial charge in [-0.1, -0.05) is 22.9 Å². The number of nitrogens with zero attached hydrogens (tertiary/aromatic N) is 1. The maximum absolute atomic E-state index is 8.72. The van der Waals surface area contributed by atoms with Crippen LogP contribution in [0, 0.1) is 11.3 Å². The Kier molecular flexibility index (Phi) is 6.69. The molecule has 0 heterocycles. The number of nitrogens with one attached hydrogen (secondary N) is 1. The molecular weight excluding hydrogens is 360 g/mol. The summed E-state index contributed by atoms with van der Waals surface area (Å²) >= 11 is 6.94. The van der Waals surface area contributed by atoms with Gasteiger partial charge >= 0.3 is 0 Å². The molecule has 0 aliphatic carbocycles. The van der Waals surface area contributed by atoms with Crippen molar-refractivity contribution < 1.29 is 4.74 Å². The van der Waals surface area contributed by atoms with Gasteiger partial charge in [0.1, 0.15) is 5.75 Å². The van der Waals surface area contributed by atoms with Crippen LogP contribution in [0.4, 0.5) is 0 Å². The van der Waals surface area contributed by atoms with Crippen molar-refractivity contribution in [3.05, 3.63) is 26.6 Å². The van der Waals surface area contributed by atoms with Gasteiger partial charge < -0.3 is 10.1 Å². The van der Waals surface area contributed by atoms with E-state index in [0.29, 0.717) is 13.0 Å². The molecule has 1 aromatic carbocycles. The van der Waals surface area contributed by atoms with E-state index in [1.807, 2.05) is 12.1 Å². The van der Waals surface area contributed by atoms with Gasteiger partial charge in [0.2, 0.25) is 0 Å². The molecule has 5 heteroatoms. The third-order valence-electron chi connectivity index (χ3n) is 2.70. The predicted molar refractivity (Wildman–Crippen MR) is 79.5 cm³/mol. The molecule has 1 rings (SSSR count). The highest BCUT2D eigenvalue weighted by molar-refractivity contribution is 9.11. The molecule has 1 aromatic rings. The second-order valence-electron chi connectivity index (χ2n) is 3.93. The quantitative estimate of drug-likeness (QED) is 0.817. The molecule has 0 saturated carbocycles. The Bertz CT molecular complexity index is 443. The first kappa shape index (κ1) is 15.5. The van der Waals surface area contributed by atoms with Crippen LogP contribution in [-0.4, -0.2) is 13.2 Å². The Hall–Kier alpha value is -0.570. The first-order chi connectivity index (χ1) is 8.62. The van der Waals surface area contributed by atoms with Crippen LogP contribution in [0.25, 0.3) is 0 Å². The predicted octanol–water partition coefficient (Wildman–Crippen LogP) is 4.00. The fourth-order valence-corrected chi connectivity index (χ4v) is 3.17. The molecule has 1 N–H and O–H groups in total. The number of benzene rings is 1. The molecule has 0 saturated heterocycles. The van der Waals surface area contributed by atoms with Crippen LogP contribution in [-0.2, 0) is 6.54 Å². The summed E-state index contributed by atoms with van der Waals surface area (Å²) in [4.78, 5) is 0. The highest BCUT2D eigenvalue weighted by Gasteiger charge is 2.11. The lowest BCUT2D eigenvalue weighted by atomic mass is 10.1. The molecule has 0 bridgehead atoms. The van der Waals surface area contributed by atoms with Crippen molar-refractivity contribution in [2.75, 3.05) is 7.11 Å². The highest BCUT2D eigenvalue weighted by atomic mass is 79.9. The Morgan fingerprint density at radius 2 is 2.17 bits per heavy atom. The molecule has 0 aliphatic rings. The standard InChI is InChI=1S/C13H16Br2N2O/c1-3-11(4-5-16)17-8-9-6-10(14)7-12(15)13(9)18-2/h6-7,11,17H,3-4,8H2,1-2H3.